The lowest BCUT2D eigenvalue weighted by atomic mass is 10.1. The second-order valence-electron chi connectivity index (χ2n) is 3.84. The van der Waals surface area contributed by atoms with Crippen LogP contribution < -0.4 is 0 Å². The molecule has 0 aromatic heterocycles. The maximum Gasteiger partial charge on any atom is 0.349 e. The summed E-state index contributed by atoms with van der Waals surface area (Å²) >= 11 is 0. The van der Waals surface area contributed by atoms with E-state index >= 15 is 0 Å². The Kier molecular flexibility index (Phi) is 3.38. The van der Waals surface area contributed by atoms with Crippen LogP contribution in [0, 0.1) is 0 Å². The first-order valence-electron chi connectivity index (χ1n) is 5.43. The number of nitrogens with zero attached hydrogens (tertiary/aromatic N) is 1. The van der Waals surface area contributed by atoms with E-state index in [4.69, 9.17) is 4.74 Å². The first-order chi connectivity index (χ1) is 8.12. The molecule has 0 atom stereocenters. The van der Waals surface area contributed by atoms with Gasteiger partial charge in [0.15, 0.2) is 0 Å². The highest BCUT2D eigenvalue weighted by molar-refractivity contribution is 5.84. The van der Waals surface area contributed by atoms with Gasteiger partial charge in [0.05, 0.1) is 13.2 Å². The summed E-state index contributed by atoms with van der Waals surface area (Å²) in [5.74, 6) is -4.61. The fourth-order valence-corrected chi connectivity index (χ4v) is 1.74. The molecular formula is C12H13F2NO2. The second-order valence-corrected chi connectivity index (χ2v) is 3.84. The van der Waals surface area contributed by atoms with E-state index < -0.39 is 11.8 Å². The average Bonchev–Trinajstić information content (AvgIpc) is 2.40. The highest BCUT2D eigenvalue weighted by atomic mass is 19.3. The van der Waals surface area contributed by atoms with Crippen LogP contribution in [-0.2, 0) is 15.5 Å². The van der Waals surface area contributed by atoms with E-state index in [9.17, 15) is 13.6 Å². The molecule has 1 aliphatic heterocycles. The number of carbonyl (C=O) groups is 1. The fourth-order valence-electron chi connectivity index (χ4n) is 1.74. The highest BCUT2D eigenvalue weighted by Crippen LogP contribution is 2.30. The second kappa shape index (κ2) is 4.79. The molecule has 3 nitrogen and oxygen atoms in total. The van der Waals surface area contributed by atoms with Crippen molar-refractivity contribution in [2.24, 2.45) is 0 Å². The molecule has 1 aromatic carbocycles. The first-order valence-corrected chi connectivity index (χ1v) is 5.43. The molecule has 1 heterocycles. The number of amides is 1. The molecule has 0 spiro atoms. The van der Waals surface area contributed by atoms with Crippen molar-refractivity contribution in [1.82, 2.24) is 4.90 Å². The number of halogens is 2. The summed E-state index contributed by atoms with van der Waals surface area (Å²) in [6, 6.07) is 7.15. The molecule has 1 fully saturated rings. The van der Waals surface area contributed by atoms with E-state index in [1.54, 1.807) is 6.07 Å². The van der Waals surface area contributed by atoms with Crippen molar-refractivity contribution in [3.05, 3.63) is 35.9 Å². The van der Waals surface area contributed by atoms with Crippen LogP contribution in [0.25, 0.3) is 0 Å². The molecule has 1 saturated heterocycles. The monoisotopic (exact) mass is 241 g/mol. The lowest BCUT2D eigenvalue weighted by Gasteiger charge is -2.30. The molecule has 1 aliphatic rings. The van der Waals surface area contributed by atoms with Crippen molar-refractivity contribution in [3.63, 3.8) is 0 Å². The topological polar surface area (TPSA) is 29.5 Å². The van der Waals surface area contributed by atoms with E-state index in [1.165, 1.54) is 24.3 Å². The van der Waals surface area contributed by atoms with Crippen LogP contribution in [0.4, 0.5) is 8.78 Å². The van der Waals surface area contributed by atoms with Crippen LogP contribution in [0.2, 0.25) is 0 Å². The van der Waals surface area contributed by atoms with E-state index in [-0.39, 0.29) is 18.7 Å². The van der Waals surface area contributed by atoms with Gasteiger partial charge in [-0.1, -0.05) is 30.3 Å². The predicted octanol–water partition coefficient (Wildman–Crippen LogP) is 1.64. The van der Waals surface area contributed by atoms with Gasteiger partial charge in [-0.25, -0.2) is 0 Å². The Hall–Kier alpha value is -1.49. The third kappa shape index (κ3) is 2.44. The molecule has 2 rings (SSSR count). The number of hydrogen-bond acceptors (Lipinski definition) is 2. The zero-order valence-corrected chi connectivity index (χ0v) is 9.23. The smallest absolute Gasteiger partial charge is 0.349 e. The molecular weight excluding hydrogens is 228 g/mol. The van der Waals surface area contributed by atoms with E-state index in [0.717, 1.165) is 4.90 Å². The number of ether oxygens (including phenoxy) is 1. The molecule has 17 heavy (non-hydrogen) atoms. The average molecular weight is 241 g/mol. The Balaban J connectivity index is 2.17. The number of alkyl halides is 2. The van der Waals surface area contributed by atoms with Crippen LogP contribution in [0.3, 0.4) is 0 Å². The van der Waals surface area contributed by atoms with Crippen LogP contribution in [-0.4, -0.2) is 37.1 Å². The quantitative estimate of drug-likeness (QED) is 0.787. The third-order valence-corrected chi connectivity index (χ3v) is 2.70. The van der Waals surface area contributed by atoms with Gasteiger partial charge in [0.2, 0.25) is 0 Å². The molecule has 0 aliphatic carbocycles. The van der Waals surface area contributed by atoms with Gasteiger partial charge in [-0.05, 0) is 0 Å². The van der Waals surface area contributed by atoms with Crippen LogP contribution in [0.15, 0.2) is 30.3 Å². The van der Waals surface area contributed by atoms with Crippen molar-refractivity contribution in [3.8, 4) is 0 Å². The van der Waals surface area contributed by atoms with Crippen molar-refractivity contribution in [2.45, 2.75) is 5.92 Å². The summed E-state index contributed by atoms with van der Waals surface area (Å²) in [5, 5.41) is 0. The van der Waals surface area contributed by atoms with E-state index in [2.05, 4.69) is 0 Å². The van der Waals surface area contributed by atoms with E-state index in [1.807, 2.05) is 0 Å². The molecule has 1 aromatic rings. The largest absolute Gasteiger partial charge is 0.378 e. The van der Waals surface area contributed by atoms with Gasteiger partial charge < -0.3 is 9.64 Å². The molecule has 92 valence electrons. The molecule has 1 amide bonds. The Morgan fingerprint density at radius 2 is 1.76 bits per heavy atom. The Morgan fingerprint density at radius 1 is 1.18 bits per heavy atom. The predicted molar refractivity (Wildman–Crippen MR) is 57.7 cm³/mol. The van der Waals surface area contributed by atoms with Crippen molar-refractivity contribution in [2.75, 3.05) is 26.3 Å². The van der Waals surface area contributed by atoms with Crippen molar-refractivity contribution < 1.29 is 18.3 Å². The molecule has 0 radical (unpaired) electrons. The standard InChI is InChI=1S/C12H13F2NO2/c13-12(14,10-4-2-1-3-5-10)11(16)15-6-8-17-9-7-15/h1-5H,6-9H2. The first kappa shape index (κ1) is 12.0. The van der Waals surface area contributed by atoms with Gasteiger partial charge in [-0.2, -0.15) is 8.78 Å². The summed E-state index contributed by atoms with van der Waals surface area (Å²) < 4.78 is 32.8. The van der Waals surface area contributed by atoms with Crippen LogP contribution in [0.5, 0.6) is 0 Å². The minimum absolute atomic E-state index is 0.223. The molecule has 0 bridgehead atoms. The number of morpholine rings is 1. The lowest BCUT2D eigenvalue weighted by Crippen LogP contribution is -2.47. The van der Waals surface area contributed by atoms with Gasteiger partial charge in [-0.3, -0.25) is 4.79 Å². The zero-order chi connectivity index (χ0) is 12.3. The van der Waals surface area contributed by atoms with Crippen molar-refractivity contribution in [1.29, 1.82) is 0 Å². The minimum Gasteiger partial charge on any atom is -0.378 e. The third-order valence-electron chi connectivity index (χ3n) is 2.70. The fraction of sp³-hybridized carbons (Fsp3) is 0.417. The van der Waals surface area contributed by atoms with Crippen molar-refractivity contribution >= 4 is 5.91 Å². The maximum atomic E-state index is 13.9. The zero-order valence-electron chi connectivity index (χ0n) is 9.23. The molecule has 0 unspecified atom stereocenters. The van der Waals surface area contributed by atoms with Gasteiger partial charge in [-0.15, -0.1) is 0 Å². The summed E-state index contributed by atoms with van der Waals surface area (Å²) in [6.07, 6.45) is 0. The Bertz CT molecular complexity index is 389. The summed E-state index contributed by atoms with van der Waals surface area (Å²) in [5.41, 5.74) is -0.267. The minimum atomic E-state index is -3.46. The highest BCUT2D eigenvalue weighted by Gasteiger charge is 2.43. The normalized spacial score (nSPS) is 16.9. The van der Waals surface area contributed by atoms with Crippen LogP contribution >= 0.6 is 0 Å². The number of rotatable bonds is 2. The van der Waals surface area contributed by atoms with Gasteiger partial charge >= 0.3 is 5.92 Å². The Labute approximate surface area is 98.0 Å². The van der Waals surface area contributed by atoms with Gasteiger partial charge in [0.1, 0.15) is 0 Å². The molecule has 5 heteroatoms. The lowest BCUT2D eigenvalue weighted by molar-refractivity contribution is -0.163. The number of benzene rings is 1. The summed E-state index contributed by atoms with van der Waals surface area (Å²) in [6.45, 7) is 1.08. The molecule has 0 N–H and O–H groups in total. The summed E-state index contributed by atoms with van der Waals surface area (Å²) in [7, 11) is 0. The Morgan fingerprint density at radius 3 is 2.35 bits per heavy atom. The van der Waals surface area contributed by atoms with Crippen LogP contribution in [0.1, 0.15) is 5.56 Å². The maximum absolute atomic E-state index is 13.9. The SMILES string of the molecule is O=C(N1CCOCC1)C(F)(F)c1ccccc1. The summed E-state index contributed by atoms with van der Waals surface area (Å²) in [4.78, 5) is 12.9. The van der Waals surface area contributed by atoms with E-state index in [0.29, 0.717) is 13.2 Å². The number of hydrogen-bond donors (Lipinski definition) is 0. The number of carbonyl (C=O) groups excluding carboxylic acids is 1. The van der Waals surface area contributed by atoms with Gasteiger partial charge in [0.25, 0.3) is 5.91 Å². The molecule has 0 saturated carbocycles. The van der Waals surface area contributed by atoms with Gasteiger partial charge in [0, 0.05) is 18.7 Å².